The number of nitrogens with zero attached hydrogens (tertiary/aromatic N) is 1. The van der Waals surface area contributed by atoms with Crippen molar-refractivity contribution in [1.29, 1.82) is 0 Å². The number of hydrogen-bond acceptors (Lipinski definition) is 5. The molecule has 29 heavy (non-hydrogen) atoms. The van der Waals surface area contributed by atoms with Gasteiger partial charge in [0.1, 0.15) is 6.04 Å². The molecule has 1 rings (SSSR count). The summed E-state index contributed by atoms with van der Waals surface area (Å²) in [5.74, 6) is -1.12. The molecule has 0 aliphatic rings. The van der Waals surface area contributed by atoms with Gasteiger partial charge in [0.25, 0.3) is 5.91 Å². The Balaban J connectivity index is 2.92. The van der Waals surface area contributed by atoms with E-state index in [9.17, 15) is 18.0 Å². The van der Waals surface area contributed by atoms with E-state index in [1.807, 2.05) is 47.6 Å². The summed E-state index contributed by atoms with van der Waals surface area (Å²) in [6, 6.07) is 0.738. The second-order valence-electron chi connectivity index (χ2n) is 8.03. The molecule has 0 unspecified atom stereocenters. The second kappa shape index (κ2) is 9.71. The minimum absolute atomic E-state index is 0.0346. The van der Waals surface area contributed by atoms with Crippen molar-refractivity contribution >= 4 is 21.9 Å². The molecule has 0 saturated carbocycles. The predicted molar refractivity (Wildman–Crippen MR) is 113 cm³/mol. The first-order valence-corrected chi connectivity index (χ1v) is 11.3. The number of carbonyl (C=O) groups excluding carboxylic acids is 2. The molecule has 0 aliphatic carbocycles. The van der Waals surface area contributed by atoms with Gasteiger partial charge in [-0.2, -0.15) is 4.72 Å². The van der Waals surface area contributed by atoms with Crippen LogP contribution in [-0.2, 0) is 24.3 Å². The molecule has 0 radical (unpaired) electrons. The van der Waals surface area contributed by atoms with Crippen molar-refractivity contribution in [3.63, 3.8) is 0 Å². The van der Waals surface area contributed by atoms with Crippen LogP contribution < -0.4 is 4.72 Å². The average Bonchev–Trinajstić information content (AvgIpc) is 2.56. The monoisotopic (exact) mass is 426 g/mol. The Bertz CT molecular complexity index is 841. The highest BCUT2D eigenvalue weighted by molar-refractivity contribution is 7.89. The van der Waals surface area contributed by atoms with Gasteiger partial charge < -0.3 is 9.64 Å². The SMILES string of the molecule is Cc1cc(C)c(C)c(S(=O)(=O)N[C@@H](C)C(=O)OCC(=O)N(C(C)C)C(C)C)c1C. The number of aryl methyl sites for hydroxylation is 2. The molecule has 0 spiro atoms. The second-order valence-corrected chi connectivity index (χ2v) is 9.68. The molecule has 7 nitrogen and oxygen atoms in total. The highest BCUT2D eigenvalue weighted by atomic mass is 32.2. The lowest BCUT2D eigenvalue weighted by molar-refractivity contribution is -0.154. The number of carbonyl (C=O) groups is 2. The van der Waals surface area contributed by atoms with Crippen LogP contribution >= 0.6 is 0 Å². The van der Waals surface area contributed by atoms with E-state index in [-0.39, 0.29) is 22.9 Å². The first-order chi connectivity index (χ1) is 13.2. The standard InChI is InChI=1S/C21H34N2O5S/c1-12(2)23(13(3)4)19(24)11-28-21(25)18(9)22-29(26,27)20-16(7)14(5)10-15(6)17(20)8/h10,12-13,18,22H,11H2,1-9H3/t18-/m0/s1. The molecule has 1 amide bonds. The third-order valence-corrected chi connectivity index (χ3v) is 6.80. The van der Waals surface area contributed by atoms with Crippen LogP contribution in [0.4, 0.5) is 0 Å². The molecular weight excluding hydrogens is 392 g/mol. The van der Waals surface area contributed by atoms with Gasteiger partial charge in [-0.1, -0.05) is 6.07 Å². The number of nitrogens with one attached hydrogen (secondary N) is 1. The van der Waals surface area contributed by atoms with Crippen molar-refractivity contribution in [2.24, 2.45) is 0 Å². The molecule has 0 heterocycles. The van der Waals surface area contributed by atoms with Crippen molar-refractivity contribution in [1.82, 2.24) is 9.62 Å². The smallest absolute Gasteiger partial charge is 0.324 e. The normalized spacial score (nSPS) is 12.9. The number of ether oxygens (including phenoxy) is 1. The van der Waals surface area contributed by atoms with Crippen LogP contribution in [0, 0.1) is 27.7 Å². The molecular formula is C21H34N2O5S. The first kappa shape index (κ1) is 25.1. The zero-order valence-corrected chi connectivity index (χ0v) is 19.7. The molecule has 0 bridgehead atoms. The number of sulfonamides is 1. The fourth-order valence-corrected chi connectivity index (χ4v) is 5.24. The van der Waals surface area contributed by atoms with E-state index in [0.29, 0.717) is 11.1 Å². The Morgan fingerprint density at radius 3 is 1.83 bits per heavy atom. The van der Waals surface area contributed by atoms with Gasteiger partial charge in [0, 0.05) is 12.1 Å². The first-order valence-electron chi connectivity index (χ1n) is 9.78. The summed E-state index contributed by atoms with van der Waals surface area (Å²) >= 11 is 0. The summed E-state index contributed by atoms with van der Waals surface area (Å²) in [6.07, 6.45) is 0. The molecule has 1 atom stereocenters. The Labute approximate surface area is 174 Å². The fourth-order valence-electron chi connectivity index (χ4n) is 3.43. The lowest BCUT2D eigenvalue weighted by Gasteiger charge is -2.30. The molecule has 164 valence electrons. The van der Waals surface area contributed by atoms with Gasteiger partial charge in [-0.05, 0) is 84.6 Å². The van der Waals surface area contributed by atoms with Crippen LogP contribution in [0.15, 0.2) is 11.0 Å². The van der Waals surface area contributed by atoms with Crippen LogP contribution in [0.1, 0.15) is 56.9 Å². The van der Waals surface area contributed by atoms with Gasteiger partial charge in [0.15, 0.2) is 6.61 Å². The van der Waals surface area contributed by atoms with Crippen molar-refractivity contribution < 1.29 is 22.7 Å². The molecule has 1 aromatic rings. The minimum Gasteiger partial charge on any atom is -0.454 e. The maximum Gasteiger partial charge on any atom is 0.324 e. The van der Waals surface area contributed by atoms with Crippen LogP contribution in [0.25, 0.3) is 0 Å². The minimum atomic E-state index is -3.94. The maximum absolute atomic E-state index is 12.9. The summed E-state index contributed by atoms with van der Waals surface area (Å²) in [5, 5.41) is 0. The maximum atomic E-state index is 12.9. The van der Waals surface area contributed by atoms with E-state index in [0.717, 1.165) is 11.1 Å². The number of amides is 1. The van der Waals surface area contributed by atoms with Crippen LogP contribution in [0.2, 0.25) is 0 Å². The number of benzene rings is 1. The summed E-state index contributed by atoms with van der Waals surface area (Å²) in [7, 11) is -3.94. The van der Waals surface area contributed by atoms with Gasteiger partial charge in [-0.15, -0.1) is 0 Å². The van der Waals surface area contributed by atoms with Gasteiger partial charge >= 0.3 is 5.97 Å². The van der Waals surface area contributed by atoms with E-state index in [1.165, 1.54) is 6.92 Å². The van der Waals surface area contributed by atoms with Gasteiger partial charge in [0.05, 0.1) is 4.90 Å². The van der Waals surface area contributed by atoms with E-state index < -0.39 is 28.6 Å². The zero-order chi connectivity index (χ0) is 22.7. The lowest BCUT2D eigenvalue weighted by atomic mass is 10.0. The van der Waals surface area contributed by atoms with Gasteiger partial charge in [-0.25, -0.2) is 8.42 Å². The predicted octanol–water partition coefficient (Wildman–Crippen LogP) is 2.78. The van der Waals surface area contributed by atoms with Crippen LogP contribution in [-0.4, -0.2) is 49.9 Å². The van der Waals surface area contributed by atoms with E-state index >= 15 is 0 Å². The topological polar surface area (TPSA) is 92.8 Å². The lowest BCUT2D eigenvalue weighted by Crippen LogP contribution is -2.45. The summed E-state index contributed by atoms with van der Waals surface area (Å²) in [5.41, 5.74) is 3.00. The van der Waals surface area contributed by atoms with E-state index in [4.69, 9.17) is 4.74 Å². The molecule has 0 fully saturated rings. The Hall–Kier alpha value is -1.93. The van der Waals surface area contributed by atoms with Gasteiger partial charge in [0.2, 0.25) is 10.0 Å². The summed E-state index contributed by atoms with van der Waals surface area (Å²) in [6.45, 7) is 15.7. The summed E-state index contributed by atoms with van der Waals surface area (Å²) in [4.78, 5) is 26.4. The number of hydrogen-bond donors (Lipinski definition) is 1. The van der Waals surface area contributed by atoms with Crippen molar-refractivity contribution in [2.45, 2.75) is 85.3 Å². The zero-order valence-electron chi connectivity index (χ0n) is 18.9. The van der Waals surface area contributed by atoms with Crippen molar-refractivity contribution in [3.8, 4) is 0 Å². The van der Waals surface area contributed by atoms with Crippen LogP contribution in [0.3, 0.4) is 0 Å². The Morgan fingerprint density at radius 2 is 1.41 bits per heavy atom. The largest absolute Gasteiger partial charge is 0.454 e. The number of esters is 1. The van der Waals surface area contributed by atoms with Gasteiger partial charge in [-0.3, -0.25) is 9.59 Å². The highest BCUT2D eigenvalue weighted by Crippen LogP contribution is 2.26. The molecule has 0 aromatic heterocycles. The fraction of sp³-hybridized carbons (Fsp3) is 0.619. The third-order valence-electron chi connectivity index (χ3n) is 4.99. The van der Waals surface area contributed by atoms with Crippen LogP contribution in [0.5, 0.6) is 0 Å². The number of rotatable bonds is 8. The van der Waals surface area contributed by atoms with Crippen molar-refractivity contribution in [2.75, 3.05) is 6.61 Å². The Morgan fingerprint density at radius 1 is 0.966 bits per heavy atom. The molecule has 8 heteroatoms. The van der Waals surface area contributed by atoms with E-state index in [1.54, 1.807) is 18.7 Å². The van der Waals surface area contributed by atoms with Crippen molar-refractivity contribution in [3.05, 3.63) is 28.3 Å². The third kappa shape index (κ3) is 6.02. The average molecular weight is 427 g/mol. The quantitative estimate of drug-likeness (QED) is 0.645. The Kier molecular flexibility index (Phi) is 8.41. The molecule has 0 aliphatic heterocycles. The van der Waals surface area contributed by atoms with E-state index in [2.05, 4.69) is 4.72 Å². The highest BCUT2D eigenvalue weighted by Gasteiger charge is 2.28. The summed E-state index contributed by atoms with van der Waals surface area (Å²) < 4.78 is 33.3. The molecule has 1 aromatic carbocycles. The molecule has 1 N–H and O–H groups in total. The molecule has 0 saturated heterocycles.